The lowest BCUT2D eigenvalue weighted by molar-refractivity contribution is -0.117. The van der Waals surface area contributed by atoms with Crippen molar-refractivity contribution in [3.05, 3.63) is 23.8 Å². The SMILES string of the molecule is C[N+]1(C)N=C(C(=O)N[C@@H]2CN3CCC2CC3)c2ccc(NC(=O)C3CC3)cc21. The van der Waals surface area contributed by atoms with E-state index in [9.17, 15) is 9.59 Å². The van der Waals surface area contributed by atoms with E-state index in [2.05, 4.69) is 15.5 Å². The Kier molecular flexibility index (Phi) is 4.07. The number of hydrogen-bond donors (Lipinski definition) is 2. The predicted octanol–water partition coefficient (Wildman–Crippen LogP) is 1.53. The molecule has 5 aliphatic rings. The van der Waals surface area contributed by atoms with Gasteiger partial charge in [0.05, 0.1) is 19.7 Å². The van der Waals surface area contributed by atoms with Crippen LogP contribution in [0.15, 0.2) is 23.3 Å². The van der Waals surface area contributed by atoms with Gasteiger partial charge in [0.1, 0.15) is 0 Å². The molecule has 1 saturated carbocycles. The maximum absolute atomic E-state index is 13.1. The lowest BCUT2D eigenvalue weighted by Gasteiger charge is -2.44. The van der Waals surface area contributed by atoms with E-state index in [-0.39, 0.29) is 28.4 Å². The number of carbonyl (C=O) groups is 2. The summed E-state index contributed by atoms with van der Waals surface area (Å²) in [6.07, 6.45) is 4.29. The third kappa shape index (κ3) is 3.12. The normalized spacial score (nSPS) is 29.8. The smallest absolute Gasteiger partial charge is 0.276 e. The first kappa shape index (κ1) is 17.8. The molecule has 0 unspecified atom stereocenters. The summed E-state index contributed by atoms with van der Waals surface area (Å²) in [7, 11) is 3.92. The maximum atomic E-state index is 13.1. The number of anilines is 1. The molecule has 2 N–H and O–H groups in total. The first-order valence-corrected chi connectivity index (χ1v) is 10.3. The number of fused-ring (bicyclic) bond motifs is 4. The number of amides is 2. The van der Waals surface area contributed by atoms with Crippen molar-refractivity contribution in [3.63, 3.8) is 0 Å². The predicted molar refractivity (Wildman–Crippen MR) is 109 cm³/mol. The van der Waals surface area contributed by atoms with E-state index in [1.54, 1.807) is 0 Å². The quantitative estimate of drug-likeness (QED) is 0.776. The summed E-state index contributed by atoms with van der Waals surface area (Å²) < 4.78 is 0.255. The fourth-order valence-corrected chi connectivity index (χ4v) is 4.74. The van der Waals surface area contributed by atoms with Crippen LogP contribution in [0.3, 0.4) is 0 Å². The average molecular weight is 382 g/mol. The van der Waals surface area contributed by atoms with Gasteiger partial charge in [0.2, 0.25) is 5.91 Å². The van der Waals surface area contributed by atoms with Crippen molar-refractivity contribution in [2.75, 3.05) is 39.0 Å². The monoisotopic (exact) mass is 382 g/mol. The second-order valence-electron chi connectivity index (χ2n) is 9.06. The van der Waals surface area contributed by atoms with Crippen molar-refractivity contribution < 1.29 is 9.59 Å². The Morgan fingerprint density at radius 2 is 1.89 bits per heavy atom. The van der Waals surface area contributed by atoms with Gasteiger partial charge in [0, 0.05) is 30.3 Å². The minimum atomic E-state index is -0.0848. The van der Waals surface area contributed by atoms with Gasteiger partial charge in [-0.05, 0) is 56.8 Å². The van der Waals surface area contributed by atoms with E-state index in [0.717, 1.165) is 49.4 Å². The van der Waals surface area contributed by atoms with Crippen LogP contribution in [-0.2, 0) is 9.59 Å². The number of nitrogens with one attached hydrogen (secondary N) is 2. The fraction of sp³-hybridized carbons (Fsp3) is 0.571. The van der Waals surface area contributed by atoms with Gasteiger partial charge in [-0.25, -0.2) is 0 Å². The Hall–Kier alpha value is -2.25. The van der Waals surface area contributed by atoms with Crippen LogP contribution in [0.1, 0.15) is 31.2 Å². The molecule has 4 heterocycles. The Bertz CT molecular complexity index is 866. The van der Waals surface area contributed by atoms with Gasteiger partial charge >= 0.3 is 0 Å². The second-order valence-corrected chi connectivity index (χ2v) is 9.06. The van der Waals surface area contributed by atoms with E-state index < -0.39 is 0 Å². The summed E-state index contributed by atoms with van der Waals surface area (Å²) >= 11 is 0. The van der Waals surface area contributed by atoms with Crippen molar-refractivity contribution in [1.29, 1.82) is 0 Å². The molecule has 4 aliphatic heterocycles. The zero-order chi connectivity index (χ0) is 19.5. The number of nitrogens with zero attached hydrogens (tertiary/aromatic N) is 3. The van der Waals surface area contributed by atoms with Crippen LogP contribution in [0.4, 0.5) is 11.4 Å². The van der Waals surface area contributed by atoms with E-state index in [0.29, 0.717) is 11.6 Å². The van der Waals surface area contributed by atoms with E-state index >= 15 is 0 Å². The minimum absolute atomic E-state index is 0.0848. The third-order valence-electron chi connectivity index (χ3n) is 6.60. The Morgan fingerprint density at radius 1 is 1.14 bits per heavy atom. The molecule has 28 heavy (non-hydrogen) atoms. The Labute approximate surface area is 165 Å². The van der Waals surface area contributed by atoms with Crippen LogP contribution < -0.4 is 15.2 Å². The summed E-state index contributed by atoms with van der Waals surface area (Å²) in [4.78, 5) is 27.6. The van der Waals surface area contributed by atoms with Crippen LogP contribution >= 0.6 is 0 Å². The van der Waals surface area contributed by atoms with Gasteiger partial charge in [-0.15, -0.1) is 0 Å². The molecule has 6 rings (SSSR count). The van der Waals surface area contributed by atoms with Gasteiger partial charge in [-0.2, -0.15) is 4.59 Å². The van der Waals surface area contributed by atoms with Crippen LogP contribution in [0, 0.1) is 11.8 Å². The summed E-state index contributed by atoms with van der Waals surface area (Å²) in [6.45, 7) is 3.25. The average Bonchev–Trinajstić information content (AvgIpc) is 3.49. The summed E-state index contributed by atoms with van der Waals surface area (Å²) in [5, 5.41) is 10.9. The van der Waals surface area contributed by atoms with Crippen LogP contribution in [0.25, 0.3) is 0 Å². The molecule has 1 aliphatic carbocycles. The summed E-state index contributed by atoms with van der Waals surface area (Å²) in [5.74, 6) is 0.746. The highest BCUT2D eigenvalue weighted by atomic mass is 16.2. The second kappa shape index (κ2) is 6.39. The summed E-state index contributed by atoms with van der Waals surface area (Å²) in [6, 6.07) is 5.96. The largest absolute Gasteiger partial charge is 0.346 e. The standard InChI is InChI=1S/C21H27N5O2/c1-26(2)18-11-15(22-20(27)14-3-4-14)5-6-16(18)19(24-26)21(28)23-17-12-25-9-7-13(17)8-10-25/h5-6,11,13-14,17H,3-4,7-10,12H2,1-2H3,(H-,22,23,24,27,28)/p+1/t17-/m1/s1. The molecular formula is C21H28N5O2+. The van der Waals surface area contributed by atoms with Crippen LogP contribution in [0.2, 0.25) is 0 Å². The highest BCUT2D eigenvalue weighted by Crippen LogP contribution is 2.36. The third-order valence-corrected chi connectivity index (χ3v) is 6.60. The fourth-order valence-electron chi connectivity index (χ4n) is 4.74. The first-order valence-electron chi connectivity index (χ1n) is 10.3. The molecule has 148 valence electrons. The van der Waals surface area contributed by atoms with E-state index in [1.807, 2.05) is 32.3 Å². The Balaban J connectivity index is 1.35. The molecular weight excluding hydrogens is 354 g/mol. The van der Waals surface area contributed by atoms with Crippen molar-refractivity contribution in [1.82, 2.24) is 14.8 Å². The van der Waals surface area contributed by atoms with E-state index in [4.69, 9.17) is 5.10 Å². The van der Waals surface area contributed by atoms with Gasteiger partial charge in [0.25, 0.3) is 5.91 Å². The molecule has 0 radical (unpaired) electrons. The molecule has 4 fully saturated rings. The van der Waals surface area contributed by atoms with Gasteiger partial charge in [-0.1, -0.05) is 5.10 Å². The van der Waals surface area contributed by atoms with Crippen molar-refractivity contribution in [3.8, 4) is 0 Å². The molecule has 1 aromatic carbocycles. The molecule has 2 bridgehead atoms. The first-order chi connectivity index (χ1) is 13.4. The Morgan fingerprint density at radius 3 is 2.54 bits per heavy atom. The van der Waals surface area contributed by atoms with Gasteiger partial charge in [-0.3, -0.25) is 9.59 Å². The number of benzene rings is 1. The van der Waals surface area contributed by atoms with Crippen LogP contribution in [0.5, 0.6) is 0 Å². The molecule has 7 nitrogen and oxygen atoms in total. The number of hydrogen-bond acceptors (Lipinski definition) is 4. The van der Waals surface area contributed by atoms with Gasteiger partial charge < -0.3 is 15.5 Å². The van der Waals surface area contributed by atoms with Crippen molar-refractivity contribution >= 4 is 28.9 Å². The van der Waals surface area contributed by atoms with Crippen molar-refractivity contribution in [2.45, 2.75) is 31.7 Å². The number of rotatable bonds is 4. The highest BCUT2D eigenvalue weighted by molar-refractivity contribution is 6.47. The number of quaternary nitrogens is 1. The number of piperidine rings is 3. The van der Waals surface area contributed by atoms with Crippen molar-refractivity contribution in [2.24, 2.45) is 16.9 Å². The minimum Gasteiger partial charge on any atom is -0.346 e. The molecule has 0 spiro atoms. The lowest BCUT2D eigenvalue weighted by Crippen LogP contribution is -2.58. The summed E-state index contributed by atoms with van der Waals surface area (Å²) in [5.41, 5.74) is 3.06. The maximum Gasteiger partial charge on any atom is 0.276 e. The lowest BCUT2D eigenvalue weighted by atomic mass is 9.84. The molecule has 1 aromatic rings. The number of carbonyl (C=O) groups excluding carboxylic acids is 2. The zero-order valence-electron chi connectivity index (χ0n) is 16.6. The molecule has 2 amide bonds. The molecule has 1 atom stereocenters. The van der Waals surface area contributed by atoms with Gasteiger partial charge in [0.15, 0.2) is 11.4 Å². The van der Waals surface area contributed by atoms with E-state index in [1.165, 1.54) is 12.8 Å². The van der Waals surface area contributed by atoms with Crippen LogP contribution in [-0.4, -0.2) is 62.2 Å². The highest BCUT2D eigenvalue weighted by Gasteiger charge is 2.40. The zero-order valence-corrected chi connectivity index (χ0v) is 16.6. The topological polar surface area (TPSA) is 73.8 Å². The molecule has 3 saturated heterocycles. The molecule has 0 aromatic heterocycles. The molecule has 7 heteroatoms.